The first-order valence-corrected chi connectivity index (χ1v) is 7.78. The van der Waals surface area contributed by atoms with E-state index in [1.54, 1.807) is 29.3 Å². The first-order valence-electron chi connectivity index (χ1n) is 7.78. The molecule has 0 bridgehead atoms. The van der Waals surface area contributed by atoms with Gasteiger partial charge in [0.1, 0.15) is 11.5 Å². The molecule has 3 rings (SSSR count). The van der Waals surface area contributed by atoms with Crippen molar-refractivity contribution in [3.63, 3.8) is 0 Å². The molecule has 1 aromatic heterocycles. The maximum atomic E-state index is 13.5. The highest BCUT2D eigenvalue weighted by Gasteiger charge is 2.36. The molecule has 1 N–H and O–H groups in total. The lowest BCUT2D eigenvalue weighted by atomic mass is 10.0. The van der Waals surface area contributed by atoms with Crippen LogP contribution in [0.2, 0.25) is 0 Å². The van der Waals surface area contributed by atoms with Gasteiger partial charge in [-0.1, -0.05) is 19.1 Å². The summed E-state index contributed by atoms with van der Waals surface area (Å²) in [6, 6.07) is 9.50. The quantitative estimate of drug-likeness (QED) is 0.948. The Balaban J connectivity index is 1.91. The van der Waals surface area contributed by atoms with Gasteiger partial charge in [-0.3, -0.25) is 9.78 Å². The summed E-state index contributed by atoms with van der Waals surface area (Å²) in [4.78, 5) is 18.5. The van der Waals surface area contributed by atoms with Gasteiger partial charge < -0.3 is 10.0 Å². The number of carbonyl (C=O) groups excluding carboxylic acids is 1. The van der Waals surface area contributed by atoms with E-state index < -0.39 is 6.10 Å². The van der Waals surface area contributed by atoms with Gasteiger partial charge in [-0.2, -0.15) is 0 Å². The molecule has 1 fully saturated rings. The van der Waals surface area contributed by atoms with E-state index in [9.17, 15) is 14.3 Å². The molecule has 120 valence electrons. The highest BCUT2D eigenvalue weighted by molar-refractivity contribution is 5.93. The zero-order chi connectivity index (χ0) is 16.4. The minimum Gasteiger partial charge on any atom is -0.391 e. The van der Waals surface area contributed by atoms with E-state index in [0.717, 1.165) is 12.0 Å². The van der Waals surface area contributed by atoms with Crippen LogP contribution in [-0.4, -0.2) is 33.5 Å². The monoisotopic (exact) mass is 314 g/mol. The number of benzene rings is 1. The van der Waals surface area contributed by atoms with Gasteiger partial charge in [0, 0.05) is 12.7 Å². The van der Waals surface area contributed by atoms with Crippen LogP contribution in [0.1, 0.15) is 41.0 Å². The Kier molecular flexibility index (Phi) is 4.39. The van der Waals surface area contributed by atoms with Crippen molar-refractivity contribution in [3.8, 4) is 0 Å². The number of amides is 1. The number of nitrogens with zero attached hydrogens (tertiary/aromatic N) is 2. The average Bonchev–Trinajstić information content (AvgIpc) is 2.96. The maximum absolute atomic E-state index is 13.5. The molecule has 1 amide bonds. The zero-order valence-electron chi connectivity index (χ0n) is 12.9. The predicted molar refractivity (Wildman–Crippen MR) is 84.4 cm³/mol. The van der Waals surface area contributed by atoms with Gasteiger partial charge in [0.25, 0.3) is 5.91 Å². The summed E-state index contributed by atoms with van der Waals surface area (Å²) >= 11 is 0. The third kappa shape index (κ3) is 3.24. The van der Waals surface area contributed by atoms with Crippen molar-refractivity contribution in [3.05, 3.63) is 65.2 Å². The molecule has 2 atom stereocenters. The van der Waals surface area contributed by atoms with E-state index in [-0.39, 0.29) is 24.3 Å². The highest BCUT2D eigenvalue weighted by atomic mass is 19.1. The van der Waals surface area contributed by atoms with Crippen LogP contribution in [0, 0.1) is 5.82 Å². The van der Waals surface area contributed by atoms with Crippen molar-refractivity contribution in [1.29, 1.82) is 0 Å². The lowest BCUT2D eigenvalue weighted by Gasteiger charge is -2.24. The molecular weight excluding hydrogens is 295 g/mol. The van der Waals surface area contributed by atoms with Crippen molar-refractivity contribution in [2.24, 2.45) is 0 Å². The Morgan fingerprint density at radius 2 is 2.22 bits per heavy atom. The first-order chi connectivity index (χ1) is 11.1. The number of hydrogen-bond donors (Lipinski definition) is 1. The fraction of sp³-hybridized carbons (Fsp3) is 0.333. The molecule has 0 saturated carbocycles. The van der Waals surface area contributed by atoms with Crippen LogP contribution in [0.3, 0.4) is 0 Å². The largest absolute Gasteiger partial charge is 0.391 e. The number of aliphatic hydroxyl groups excluding tert-OH is 1. The summed E-state index contributed by atoms with van der Waals surface area (Å²) in [7, 11) is 0. The Morgan fingerprint density at radius 1 is 1.39 bits per heavy atom. The minimum absolute atomic E-state index is 0.230. The second-order valence-corrected chi connectivity index (χ2v) is 5.82. The summed E-state index contributed by atoms with van der Waals surface area (Å²) in [6.07, 6.45) is 2.23. The Labute approximate surface area is 134 Å². The molecule has 0 unspecified atom stereocenters. The minimum atomic E-state index is -0.610. The summed E-state index contributed by atoms with van der Waals surface area (Å²) < 4.78 is 13.5. The van der Waals surface area contributed by atoms with E-state index in [0.29, 0.717) is 17.7 Å². The second kappa shape index (κ2) is 6.46. The van der Waals surface area contributed by atoms with Crippen molar-refractivity contribution in [2.45, 2.75) is 31.9 Å². The third-order valence-corrected chi connectivity index (χ3v) is 4.23. The maximum Gasteiger partial charge on any atom is 0.273 e. The SMILES string of the molecule is CCc1ccnc(C(=O)N2C[C@@H](O)C[C@@H]2c2cccc(F)c2)c1. The Hall–Kier alpha value is -2.27. The molecule has 0 spiro atoms. The summed E-state index contributed by atoms with van der Waals surface area (Å²) in [6.45, 7) is 2.25. The van der Waals surface area contributed by atoms with Crippen molar-refractivity contribution in [1.82, 2.24) is 9.88 Å². The molecule has 0 aliphatic carbocycles. The van der Waals surface area contributed by atoms with E-state index in [2.05, 4.69) is 4.98 Å². The van der Waals surface area contributed by atoms with Crippen LogP contribution in [-0.2, 0) is 6.42 Å². The van der Waals surface area contributed by atoms with Crippen LogP contribution >= 0.6 is 0 Å². The molecule has 1 aliphatic heterocycles. The van der Waals surface area contributed by atoms with Gasteiger partial charge >= 0.3 is 0 Å². The van der Waals surface area contributed by atoms with E-state index in [4.69, 9.17) is 0 Å². The van der Waals surface area contributed by atoms with Gasteiger partial charge in [-0.15, -0.1) is 0 Å². The molecule has 1 saturated heterocycles. The number of pyridine rings is 1. The fourth-order valence-corrected chi connectivity index (χ4v) is 3.03. The van der Waals surface area contributed by atoms with Gasteiger partial charge in [0.15, 0.2) is 0 Å². The highest BCUT2D eigenvalue weighted by Crippen LogP contribution is 2.33. The topological polar surface area (TPSA) is 53.4 Å². The van der Waals surface area contributed by atoms with Gasteiger partial charge in [-0.05, 0) is 48.2 Å². The van der Waals surface area contributed by atoms with E-state index in [1.165, 1.54) is 12.1 Å². The van der Waals surface area contributed by atoms with Crippen LogP contribution in [0.25, 0.3) is 0 Å². The fourth-order valence-electron chi connectivity index (χ4n) is 3.03. The number of aromatic nitrogens is 1. The molecule has 23 heavy (non-hydrogen) atoms. The molecule has 2 heterocycles. The molecule has 2 aromatic rings. The number of β-amino-alcohol motifs (C(OH)–C–C–N with tert-alkyl or cyclic N) is 1. The number of likely N-dealkylation sites (tertiary alicyclic amines) is 1. The van der Waals surface area contributed by atoms with Gasteiger partial charge in [0.05, 0.1) is 12.1 Å². The van der Waals surface area contributed by atoms with Crippen molar-refractivity contribution < 1.29 is 14.3 Å². The van der Waals surface area contributed by atoms with Crippen molar-refractivity contribution in [2.75, 3.05) is 6.54 Å². The molecular formula is C18H19FN2O2. The van der Waals surface area contributed by atoms with Crippen LogP contribution in [0.5, 0.6) is 0 Å². The van der Waals surface area contributed by atoms with Crippen molar-refractivity contribution >= 4 is 5.91 Å². The normalized spacial score (nSPS) is 20.7. The molecule has 5 heteroatoms. The average molecular weight is 314 g/mol. The van der Waals surface area contributed by atoms with Crippen LogP contribution in [0.15, 0.2) is 42.6 Å². The Bertz CT molecular complexity index is 720. The lowest BCUT2D eigenvalue weighted by molar-refractivity contribution is 0.0709. The molecule has 0 radical (unpaired) electrons. The number of carbonyl (C=O) groups is 1. The number of aryl methyl sites for hydroxylation is 1. The third-order valence-electron chi connectivity index (χ3n) is 4.23. The predicted octanol–water partition coefficient (Wildman–Crippen LogP) is 2.73. The number of halogens is 1. The number of aliphatic hydroxyl groups is 1. The van der Waals surface area contributed by atoms with Crippen LogP contribution in [0.4, 0.5) is 4.39 Å². The molecule has 1 aromatic carbocycles. The number of hydrogen-bond acceptors (Lipinski definition) is 3. The summed E-state index contributed by atoms with van der Waals surface area (Å²) in [5.41, 5.74) is 2.09. The standard InChI is InChI=1S/C18H19FN2O2/c1-2-12-6-7-20-16(8-12)18(23)21-11-15(22)10-17(21)13-4-3-5-14(19)9-13/h3-9,15,17,22H,2,10-11H2,1H3/t15-,17+/m0/s1. The molecule has 1 aliphatic rings. The smallest absolute Gasteiger partial charge is 0.273 e. The Morgan fingerprint density at radius 3 is 2.96 bits per heavy atom. The van der Waals surface area contributed by atoms with E-state index >= 15 is 0 Å². The molecule has 4 nitrogen and oxygen atoms in total. The second-order valence-electron chi connectivity index (χ2n) is 5.82. The van der Waals surface area contributed by atoms with Gasteiger partial charge in [-0.25, -0.2) is 4.39 Å². The summed E-state index contributed by atoms with van der Waals surface area (Å²) in [5, 5.41) is 9.99. The van der Waals surface area contributed by atoms with Crippen LogP contribution < -0.4 is 0 Å². The zero-order valence-corrected chi connectivity index (χ0v) is 12.9. The summed E-state index contributed by atoms with van der Waals surface area (Å²) in [5.74, 6) is -0.575. The van der Waals surface area contributed by atoms with E-state index in [1.807, 2.05) is 13.0 Å². The number of rotatable bonds is 3. The lowest BCUT2D eigenvalue weighted by Crippen LogP contribution is -2.32. The first kappa shape index (κ1) is 15.6. The van der Waals surface area contributed by atoms with Gasteiger partial charge in [0.2, 0.25) is 0 Å².